The molecule has 1 aromatic carbocycles. The van der Waals surface area contributed by atoms with Crippen LogP contribution in [0.25, 0.3) is 0 Å². The van der Waals surface area contributed by atoms with Crippen molar-refractivity contribution < 1.29 is 14.3 Å². The number of hydrogen-bond acceptors (Lipinski definition) is 3. The Morgan fingerprint density at radius 1 is 1.29 bits per heavy atom. The number of para-hydroxylation sites is 1. The lowest BCUT2D eigenvalue weighted by Crippen LogP contribution is -2.54. The fraction of sp³-hybridized carbons (Fsp3) is 0.333. The highest BCUT2D eigenvalue weighted by Crippen LogP contribution is 2.08. The molecule has 0 saturated heterocycles. The van der Waals surface area contributed by atoms with Crippen molar-refractivity contribution in [2.24, 2.45) is 5.73 Å². The molecule has 5 nitrogen and oxygen atoms in total. The van der Waals surface area contributed by atoms with Crippen LogP contribution < -0.4 is 15.8 Å². The molecule has 0 saturated carbocycles. The number of benzene rings is 1. The number of amides is 2. The van der Waals surface area contributed by atoms with E-state index in [0.717, 1.165) is 0 Å². The zero-order valence-corrected chi connectivity index (χ0v) is 9.90. The Labute approximate surface area is 99.9 Å². The van der Waals surface area contributed by atoms with Crippen LogP contribution in [0, 0.1) is 0 Å². The van der Waals surface area contributed by atoms with E-state index in [1.165, 1.54) is 13.8 Å². The number of carbonyl (C=O) groups excluding carboxylic acids is 2. The summed E-state index contributed by atoms with van der Waals surface area (Å²) in [5.41, 5.74) is 4.06. The van der Waals surface area contributed by atoms with Gasteiger partial charge in [0, 0.05) is 0 Å². The third kappa shape index (κ3) is 4.14. The maximum atomic E-state index is 11.5. The SMILES string of the molecule is CC(C)(NC(=O)COc1ccccc1)C(N)=O. The second-order valence-corrected chi connectivity index (χ2v) is 4.14. The molecule has 0 bridgehead atoms. The van der Waals surface area contributed by atoms with Gasteiger partial charge < -0.3 is 15.8 Å². The van der Waals surface area contributed by atoms with Crippen molar-refractivity contribution in [3.8, 4) is 5.75 Å². The molecule has 0 unspecified atom stereocenters. The first kappa shape index (κ1) is 13.0. The second-order valence-electron chi connectivity index (χ2n) is 4.14. The van der Waals surface area contributed by atoms with Gasteiger partial charge in [0.25, 0.3) is 5.91 Å². The Balaban J connectivity index is 2.44. The molecule has 1 aromatic rings. The summed E-state index contributed by atoms with van der Waals surface area (Å²) in [6.45, 7) is 2.92. The average Bonchev–Trinajstić information content (AvgIpc) is 2.27. The van der Waals surface area contributed by atoms with E-state index in [1.54, 1.807) is 24.3 Å². The number of carbonyl (C=O) groups is 2. The van der Waals surface area contributed by atoms with E-state index in [2.05, 4.69) is 5.32 Å². The zero-order chi connectivity index (χ0) is 12.9. The molecule has 0 spiro atoms. The van der Waals surface area contributed by atoms with E-state index in [9.17, 15) is 9.59 Å². The molecule has 5 heteroatoms. The van der Waals surface area contributed by atoms with Crippen LogP contribution in [0.3, 0.4) is 0 Å². The molecule has 0 radical (unpaired) electrons. The molecule has 0 aliphatic carbocycles. The molecule has 0 fully saturated rings. The minimum Gasteiger partial charge on any atom is -0.484 e. The van der Waals surface area contributed by atoms with Crippen LogP contribution >= 0.6 is 0 Å². The monoisotopic (exact) mass is 236 g/mol. The number of rotatable bonds is 5. The van der Waals surface area contributed by atoms with Crippen LogP contribution in [0.4, 0.5) is 0 Å². The van der Waals surface area contributed by atoms with Gasteiger partial charge in [0.1, 0.15) is 11.3 Å². The van der Waals surface area contributed by atoms with Crippen LogP contribution in [0.1, 0.15) is 13.8 Å². The summed E-state index contributed by atoms with van der Waals surface area (Å²) in [4.78, 5) is 22.5. The number of hydrogen-bond donors (Lipinski definition) is 2. The number of ether oxygens (including phenoxy) is 1. The summed E-state index contributed by atoms with van der Waals surface area (Å²) in [7, 11) is 0. The van der Waals surface area contributed by atoms with E-state index in [-0.39, 0.29) is 6.61 Å². The predicted molar refractivity (Wildman–Crippen MR) is 63.4 cm³/mol. The van der Waals surface area contributed by atoms with E-state index in [0.29, 0.717) is 5.75 Å². The van der Waals surface area contributed by atoms with Crippen molar-refractivity contribution in [1.29, 1.82) is 0 Å². The Bertz CT molecular complexity index is 401. The molecule has 0 atom stereocenters. The summed E-state index contributed by atoms with van der Waals surface area (Å²) in [5.74, 6) is -0.386. The fourth-order valence-corrected chi connectivity index (χ4v) is 1.11. The smallest absolute Gasteiger partial charge is 0.258 e. The van der Waals surface area contributed by atoms with Gasteiger partial charge in [-0.05, 0) is 26.0 Å². The van der Waals surface area contributed by atoms with Crippen LogP contribution in [0.15, 0.2) is 30.3 Å². The highest BCUT2D eigenvalue weighted by Gasteiger charge is 2.26. The van der Waals surface area contributed by atoms with Gasteiger partial charge in [0.15, 0.2) is 6.61 Å². The van der Waals surface area contributed by atoms with E-state index >= 15 is 0 Å². The summed E-state index contributed by atoms with van der Waals surface area (Å²) in [5, 5.41) is 2.49. The van der Waals surface area contributed by atoms with Gasteiger partial charge in [0.05, 0.1) is 0 Å². The van der Waals surface area contributed by atoms with Gasteiger partial charge in [-0.1, -0.05) is 18.2 Å². The molecule has 0 aliphatic rings. The third-order valence-electron chi connectivity index (χ3n) is 2.18. The van der Waals surface area contributed by atoms with Crippen molar-refractivity contribution in [2.75, 3.05) is 6.61 Å². The van der Waals surface area contributed by atoms with Gasteiger partial charge in [0.2, 0.25) is 5.91 Å². The summed E-state index contributed by atoms with van der Waals surface area (Å²) >= 11 is 0. The zero-order valence-electron chi connectivity index (χ0n) is 9.90. The maximum absolute atomic E-state index is 11.5. The molecule has 0 heterocycles. The predicted octanol–water partition coefficient (Wildman–Crippen LogP) is 0.445. The maximum Gasteiger partial charge on any atom is 0.258 e. The van der Waals surface area contributed by atoms with Crippen LogP contribution in [0.5, 0.6) is 5.75 Å². The highest BCUT2D eigenvalue weighted by atomic mass is 16.5. The van der Waals surface area contributed by atoms with Crippen LogP contribution in [0.2, 0.25) is 0 Å². The van der Waals surface area contributed by atoms with Crippen molar-refractivity contribution in [3.05, 3.63) is 30.3 Å². The summed E-state index contributed by atoms with van der Waals surface area (Å²) in [6, 6.07) is 8.95. The molecule has 92 valence electrons. The number of nitrogens with two attached hydrogens (primary N) is 1. The quantitative estimate of drug-likeness (QED) is 0.778. The second kappa shape index (κ2) is 5.34. The Kier molecular flexibility index (Phi) is 4.09. The minimum absolute atomic E-state index is 0.152. The summed E-state index contributed by atoms with van der Waals surface area (Å²) in [6.07, 6.45) is 0. The van der Waals surface area contributed by atoms with Gasteiger partial charge in [-0.25, -0.2) is 0 Å². The molecule has 17 heavy (non-hydrogen) atoms. The molecular weight excluding hydrogens is 220 g/mol. The van der Waals surface area contributed by atoms with Crippen molar-refractivity contribution in [3.63, 3.8) is 0 Å². The molecule has 0 aliphatic heterocycles. The minimum atomic E-state index is -1.07. The van der Waals surface area contributed by atoms with Crippen molar-refractivity contribution in [2.45, 2.75) is 19.4 Å². The number of primary amides is 1. The van der Waals surface area contributed by atoms with Gasteiger partial charge >= 0.3 is 0 Å². The molecular formula is C12H16N2O3. The number of nitrogens with one attached hydrogen (secondary N) is 1. The topological polar surface area (TPSA) is 81.4 Å². The van der Waals surface area contributed by atoms with E-state index in [1.807, 2.05) is 6.07 Å². The summed E-state index contributed by atoms with van der Waals surface area (Å²) < 4.78 is 5.23. The molecule has 1 rings (SSSR count). The fourth-order valence-electron chi connectivity index (χ4n) is 1.11. The Morgan fingerprint density at radius 3 is 2.41 bits per heavy atom. The standard InChI is InChI=1S/C12H16N2O3/c1-12(2,11(13)16)14-10(15)8-17-9-6-4-3-5-7-9/h3-7H,8H2,1-2H3,(H2,13,16)(H,14,15). The van der Waals surface area contributed by atoms with E-state index < -0.39 is 17.4 Å². The van der Waals surface area contributed by atoms with Crippen molar-refractivity contribution in [1.82, 2.24) is 5.32 Å². The Morgan fingerprint density at radius 2 is 1.88 bits per heavy atom. The normalized spacial score (nSPS) is 10.7. The van der Waals surface area contributed by atoms with E-state index in [4.69, 9.17) is 10.5 Å². The Hall–Kier alpha value is -2.04. The first-order valence-corrected chi connectivity index (χ1v) is 5.20. The molecule has 2 amide bonds. The van der Waals surface area contributed by atoms with Crippen LogP contribution in [-0.2, 0) is 9.59 Å². The first-order valence-electron chi connectivity index (χ1n) is 5.20. The average molecular weight is 236 g/mol. The lowest BCUT2D eigenvalue weighted by atomic mass is 10.1. The lowest BCUT2D eigenvalue weighted by molar-refractivity contribution is -0.131. The lowest BCUT2D eigenvalue weighted by Gasteiger charge is -2.22. The van der Waals surface area contributed by atoms with Gasteiger partial charge in [-0.15, -0.1) is 0 Å². The largest absolute Gasteiger partial charge is 0.484 e. The van der Waals surface area contributed by atoms with Gasteiger partial charge in [-0.2, -0.15) is 0 Å². The highest BCUT2D eigenvalue weighted by molar-refractivity contribution is 5.90. The molecule has 0 aromatic heterocycles. The van der Waals surface area contributed by atoms with Crippen LogP contribution in [-0.4, -0.2) is 24.0 Å². The first-order chi connectivity index (χ1) is 7.92. The van der Waals surface area contributed by atoms with Gasteiger partial charge in [-0.3, -0.25) is 9.59 Å². The van der Waals surface area contributed by atoms with Crippen molar-refractivity contribution >= 4 is 11.8 Å². The molecule has 3 N–H and O–H groups in total. The third-order valence-corrected chi connectivity index (χ3v) is 2.18.